The maximum Gasteiger partial charge on any atom is 0.255 e. The zero-order valence-electron chi connectivity index (χ0n) is 12.1. The van der Waals surface area contributed by atoms with Crippen LogP contribution in [-0.2, 0) is 0 Å². The van der Waals surface area contributed by atoms with Gasteiger partial charge >= 0.3 is 0 Å². The Bertz CT molecular complexity index is 824. The lowest BCUT2D eigenvalue weighted by Gasteiger charge is -2.09. The first-order valence-corrected chi connectivity index (χ1v) is 6.88. The zero-order chi connectivity index (χ0) is 14.8. The molecule has 0 spiro atoms. The first kappa shape index (κ1) is 13.3. The number of hydrogen-bond acceptors (Lipinski definition) is 2. The maximum atomic E-state index is 12.3. The molecule has 0 atom stereocenters. The molecule has 1 N–H and O–H groups in total. The molecule has 0 bridgehead atoms. The molecule has 0 fully saturated rings. The average Bonchev–Trinajstić information content (AvgIpc) is 2.47. The highest BCUT2D eigenvalue weighted by molar-refractivity contribution is 6.08. The van der Waals surface area contributed by atoms with E-state index < -0.39 is 0 Å². The normalized spacial score (nSPS) is 10.6. The Labute approximate surface area is 123 Å². The molecule has 21 heavy (non-hydrogen) atoms. The summed E-state index contributed by atoms with van der Waals surface area (Å²) in [5.41, 5.74) is 4.36. The summed E-state index contributed by atoms with van der Waals surface area (Å²) in [4.78, 5) is 16.8. The molecule has 3 nitrogen and oxygen atoms in total. The van der Waals surface area contributed by atoms with Gasteiger partial charge in [-0.25, -0.2) is 0 Å². The lowest BCUT2D eigenvalue weighted by Crippen LogP contribution is -2.12. The largest absolute Gasteiger partial charge is 0.321 e. The second kappa shape index (κ2) is 5.37. The number of pyridine rings is 1. The molecule has 0 aliphatic carbocycles. The van der Waals surface area contributed by atoms with Crippen LogP contribution < -0.4 is 5.32 Å². The van der Waals surface area contributed by atoms with Crippen molar-refractivity contribution in [1.82, 2.24) is 4.98 Å². The standard InChI is InChI=1S/C18H16N2O/c1-12-5-3-6-14(11-12)18(21)20-17-8-4-7-16-15(17)10-9-13(2)19-16/h3-11H,1-2H3,(H,20,21). The molecule has 0 unspecified atom stereocenters. The van der Waals surface area contributed by atoms with Gasteiger partial charge in [-0.15, -0.1) is 0 Å². The Hall–Kier alpha value is -2.68. The molecule has 0 radical (unpaired) electrons. The molecule has 3 aromatic rings. The van der Waals surface area contributed by atoms with Gasteiger partial charge in [-0.3, -0.25) is 9.78 Å². The van der Waals surface area contributed by atoms with Gasteiger partial charge in [-0.1, -0.05) is 23.8 Å². The fourth-order valence-corrected chi connectivity index (χ4v) is 2.35. The van der Waals surface area contributed by atoms with Gasteiger partial charge in [0.05, 0.1) is 11.2 Å². The lowest BCUT2D eigenvalue weighted by molar-refractivity contribution is 0.102. The summed E-state index contributed by atoms with van der Waals surface area (Å²) >= 11 is 0. The van der Waals surface area contributed by atoms with Crippen LogP contribution in [-0.4, -0.2) is 10.9 Å². The molecule has 104 valence electrons. The van der Waals surface area contributed by atoms with Gasteiger partial charge < -0.3 is 5.32 Å². The third kappa shape index (κ3) is 2.77. The number of aryl methyl sites for hydroxylation is 2. The van der Waals surface area contributed by atoms with Crippen LogP contribution in [0.4, 0.5) is 5.69 Å². The average molecular weight is 276 g/mol. The summed E-state index contributed by atoms with van der Waals surface area (Å²) in [6.07, 6.45) is 0. The summed E-state index contributed by atoms with van der Waals surface area (Å²) in [6, 6.07) is 17.2. The molecule has 2 aromatic carbocycles. The minimum Gasteiger partial charge on any atom is -0.321 e. The number of fused-ring (bicyclic) bond motifs is 1. The summed E-state index contributed by atoms with van der Waals surface area (Å²) in [6.45, 7) is 3.93. The molecule has 0 aliphatic rings. The van der Waals surface area contributed by atoms with E-state index in [1.165, 1.54) is 0 Å². The van der Waals surface area contributed by atoms with E-state index in [0.717, 1.165) is 27.8 Å². The predicted molar refractivity (Wildman–Crippen MR) is 85.6 cm³/mol. The summed E-state index contributed by atoms with van der Waals surface area (Å²) in [5, 5.41) is 3.92. The Morgan fingerprint density at radius 1 is 1.00 bits per heavy atom. The molecule has 3 heteroatoms. The van der Waals surface area contributed by atoms with Crippen molar-refractivity contribution in [2.45, 2.75) is 13.8 Å². The van der Waals surface area contributed by atoms with Crippen molar-refractivity contribution in [3.8, 4) is 0 Å². The highest BCUT2D eigenvalue weighted by atomic mass is 16.1. The monoisotopic (exact) mass is 276 g/mol. The molecule has 0 saturated carbocycles. The minimum absolute atomic E-state index is 0.105. The van der Waals surface area contributed by atoms with Gasteiger partial charge in [-0.2, -0.15) is 0 Å². The number of nitrogens with zero attached hydrogens (tertiary/aromatic N) is 1. The van der Waals surface area contributed by atoms with E-state index >= 15 is 0 Å². The van der Waals surface area contributed by atoms with Crippen molar-refractivity contribution >= 4 is 22.5 Å². The number of rotatable bonds is 2. The number of nitrogens with one attached hydrogen (secondary N) is 1. The van der Waals surface area contributed by atoms with Gasteiger partial charge in [0.15, 0.2) is 0 Å². The molecular formula is C18H16N2O. The second-order valence-corrected chi connectivity index (χ2v) is 5.15. The van der Waals surface area contributed by atoms with Crippen molar-refractivity contribution in [2.24, 2.45) is 0 Å². The quantitative estimate of drug-likeness (QED) is 0.765. The molecular weight excluding hydrogens is 260 g/mol. The van der Waals surface area contributed by atoms with Crippen LogP contribution in [0.2, 0.25) is 0 Å². The fourth-order valence-electron chi connectivity index (χ4n) is 2.35. The third-order valence-electron chi connectivity index (χ3n) is 3.40. The number of anilines is 1. The van der Waals surface area contributed by atoms with Gasteiger partial charge in [0.25, 0.3) is 5.91 Å². The van der Waals surface area contributed by atoms with Gasteiger partial charge in [0.1, 0.15) is 0 Å². The van der Waals surface area contributed by atoms with Crippen LogP contribution in [0.5, 0.6) is 0 Å². The van der Waals surface area contributed by atoms with Gasteiger partial charge in [0, 0.05) is 16.6 Å². The number of hydrogen-bond donors (Lipinski definition) is 1. The first-order valence-electron chi connectivity index (χ1n) is 6.88. The lowest BCUT2D eigenvalue weighted by atomic mass is 10.1. The molecule has 1 aromatic heterocycles. The molecule has 0 aliphatic heterocycles. The van der Waals surface area contributed by atoms with Gasteiger partial charge in [0.2, 0.25) is 0 Å². The van der Waals surface area contributed by atoms with Crippen LogP contribution in [0.3, 0.4) is 0 Å². The van der Waals surface area contributed by atoms with E-state index in [2.05, 4.69) is 10.3 Å². The van der Waals surface area contributed by atoms with Crippen molar-refractivity contribution < 1.29 is 4.79 Å². The number of carbonyl (C=O) groups excluding carboxylic acids is 1. The fraction of sp³-hybridized carbons (Fsp3) is 0.111. The van der Waals surface area contributed by atoms with Crippen LogP contribution >= 0.6 is 0 Å². The smallest absolute Gasteiger partial charge is 0.255 e. The highest BCUT2D eigenvalue weighted by Crippen LogP contribution is 2.23. The third-order valence-corrected chi connectivity index (χ3v) is 3.40. The Morgan fingerprint density at radius 2 is 1.81 bits per heavy atom. The second-order valence-electron chi connectivity index (χ2n) is 5.15. The number of benzene rings is 2. The van der Waals surface area contributed by atoms with E-state index in [-0.39, 0.29) is 5.91 Å². The van der Waals surface area contributed by atoms with E-state index in [4.69, 9.17) is 0 Å². The van der Waals surface area contributed by atoms with Crippen LogP contribution in [0.25, 0.3) is 10.9 Å². The number of amides is 1. The van der Waals surface area contributed by atoms with Crippen LogP contribution in [0, 0.1) is 13.8 Å². The van der Waals surface area contributed by atoms with E-state index in [9.17, 15) is 4.79 Å². The number of carbonyl (C=O) groups is 1. The van der Waals surface area contributed by atoms with Crippen molar-refractivity contribution in [3.63, 3.8) is 0 Å². The number of aromatic nitrogens is 1. The van der Waals surface area contributed by atoms with E-state index in [1.54, 1.807) is 0 Å². The summed E-state index contributed by atoms with van der Waals surface area (Å²) in [7, 11) is 0. The molecule has 1 heterocycles. The van der Waals surface area contributed by atoms with Crippen LogP contribution in [0.15, 0.2) is 54.6 Å². The topological polar surface area (TPSA) is 42.0 Å². The first-order chi connectivity index (χ1) is 10.1. The van der Waals surface area contributed by atoms with E-state index in [0.29, 0.717) is 5.56 Å². The van der Waals surface area contributed by atoms with E-state index in [1.807, 2.05) is 68.4 Å². The van der Waals surface area contributed by atoms with Crippen molar-refractivity contribution in [2.75, 3.05) is 5.32 Å². The van der Waals surface area contributed by atoms with Crippen LogP contribution in [0.1, 0.15) is 21.6 Å². The van der Waals surface area contributed by atoms with Gasteiger partial charge in [-0.05, 0) is 50.2 Å². The summed E-state index contributed by atoms with van der Waals surface area (Å²) < 4.78 is 0. The SMILES string of the molecule is Cc1cccc(C(=O)Nc2cccc3nc(C)ccc23)c1. The minimum atomic E-state index is -0.105. The molecule has 3 rings (SSSR count). The molecule has 0 saturated heterocycles. The van der Waals surface area contributed by atoms with Crippen molar-refractivity contribution in [1.29, 1.82) is 0 Å². The Balaban J connectivity index is 1.96. The Kier molecular flexibility index (Phi) is 3.40. The zero-order valence-corrected chi connectivity index (χ0v) is 12.1. The maximum absolute atomic E-state index is 12.3. The Morgan fingerprint density at radius 3 is 2.62 bits per heavy atom. The predicted octanol–water partition coefficient (Wildman–Crippen LogP) is 4.10. The van der Waals surface area contributed by atoms with Crippen molar-refractivity contribution in [3.05, 3.63) is 71.4 Å². The summed E-state index contributed by atoms with van der Waals surface area (Å²) in [5.74, 6) is -0.105. The molecule has 1 amide bonds. The highest BCUT2D eigenvalue weighted by Gasteiger charge is 2.08.